The second-order valence-corrected chi connectivity index (χ2v) is 4.49. The smallest absolute Gasteiger partial charge is 0.376 e. The molecule has 0 atom stereocenters. The molecule has 0 aliphatic carbocycles. The van der Waals surface area contributed by atoms with Crippen LogP contribution in [-0.4, -0.2) is 22.5 Å². The molecule has 0 bridgehead atoms. The molecule has 5 nitrogen and oxygen atoms in total. The van der Waals surface area contributed by atoms with Gasteiger partial charge in [0, 0.05) is 0 Å². The number of nitrogens with zero attached hydrogens (tertiary/aromatic N) is 2. The fourth-order valence-electron chi connectivity index (χ4n) is 1.55. The Morgan fingerprint density at radius 1 is 1.50 bits per heavy atom. The van der Waals surface area contributed by atoms with Gasteiger partial charge in [-0.3, -0.25) is 0 Å². The van der Waals surface area contributed by atoms with Gasteiger partial charge in [0.15, 0.2) is 0 Å². The van der Waals surface area contributed by atoms with Crippen molar-refractivity contribution in [3.05, 3.63) is 22.7 Å². The molecule has 0 fully saturated rings. The third-order valence-electron chi connectivity index (χ3n) is 2.43. The Morgan fingerprint density at radius 3 is 2.83 bits per heavy atom. The van der Waals surface area contributed by atoms with Crippen LogP contribution in [0.15, 0.2) is 9.93 Å². The van der Waals surface area contributed by atoms with E-state index < -0.39 is 5.97 Å². The maximum Gasteiger partial charge on any atom is 0.376 e. The van der Waals surface area contributed by atoms with Crippen LogP contribution in [0, 0.1) is 6.92 Å². The minimum absolute atomic E-state index is 0.196. The molecule has 0 saturated heterocycles. The van der Waals surface area contributed by atoms with Crippen LogP contribution >= 0.6 is 11.3 Å². The van der Waals surface area contributed by atoms with Gasteiger partial charge in [0.05, 0.1) is 23.5 Å². The molecular formula is C12H14N2O3S. The lowest BCUT2D eigenvalue weighted by atomic mass is 10.3. The molecule has 0 aliphatic heterocycles. The van der Waals surface area contributed by atoms with Gasteiger partial charge in [-0.15, -0.1) is 11.3 Å². The summed E-state index contributed by atoms with van der Waals surface area (Å²) in [4.78, 5) is 21.1. The third kappa shape index (κ3) is 2.28. The molecule has 0 spiro atoms. The zero-order valence-corrected chi connectivity index (χ0v) is 11.3. The minimum Gasteiger partial charge on any atom is -0.460 e. The number of hydrogen-bond acceptors (Lipinski definition) is 6. The SMILES string of the molecule is CCOC(=O)c1oc(-c2scnc2C)nc1CC. The first kappa shape index (κ1) is 12.8. The number of oxazole rings is 1. The lowest BCUT2D eigenvalue weighted by Crippen LogP contribution is -2.05. The summed E-state index contributed by atoms with van der Waals surface area (Å²) in [6, 6.07) is 0. The van der Waals surface area contributed by atoms with E-state index in [0.717, 1.165) is 10.6 Å². The Bertz CT molecular complexity index is 559. The normalized spacial score (nSPS) is 10.6. The van der Waals surface area contributed by atoms with Crippen molar-refractivity contribution in [2.75, 3.05) is 6.61 Å². The highest BCUT2D eigenvalue weighted by Crippen LogP contribution is 2.28. The van der Waals surface area contributed by atoms with E-state index in [0.29, 0.717) is 24.6 Å². The Kier molecular flexibility index (Phi) is 3.76. The lowest BCUT2D eigenvalue weighted by Gasteiger charge is -1.98. The third-order valence-corrected chi connectivity index (χ3v) is 3.35. The summed E-state index contributed by atoms with van der Waals surface area (Å²) in [5, 5.41) is 0. The number of carbonyl (C=O) groups excluding carboxylic acids is 1. The average Bonchev–Trinajstić information content (AvgIpc) is 2.94. The van der Waals surface area contributed by atoms with Crippen molar-refractivity contribution in [1.29, 1.82) is 0 Å². The van der Waals surface area contributed by atoms with Gasteiger partial charge in [0.1, 0.15) is 4.88 Å². The van der Waals surface area contributed by atoms with Crippen LogP contribution in [0.5, 0.6) is 0 Å². The number of thiazole rings is 1. The van der Waals surface area contributed by atoms with E-state index in [2.05, 4.69) is 9.97 Å². The van der Waals surface area contributed by atoms with Crippen LogP contribution in [0.1, 0.15) is 35.8 Å². The van der Waals surface area contributed by atoms with Gasteiger partial charge >= 0.3 is 5.97 Å². The van der Waals surface area contributed by atoms with Crippen molar-refractivity contribution in [2.24, 2.45) is 0 Å². The number of aryl methyl sites for hydroxylation is 2. The van der Waals surface area contributed by atoms with Gasteiger partial charge in [-0.1, -0.05) is 6.92 Å². The molecular weight excluding hydrogens is 252 g/mol. The summed E-state index contributed by atoms with van der Waals surface area (Å²) in [6.45, 7) is 5.88. The standard InChI is InChI=1S/C12H14N2O3S/c1-4-8-9(12(15)16-5-2)17-11(14-8)10-7(3)13-6-18-10/h6H,4-5H2,1-3H3. The predicted octanol–water partition coefficient (Wildman–Crippen LogP) is 2.85. The molecule has 0 saturated carbocycles. The second-order valence-electron chi connectivity index (χ2n) is 3.64. The highest BCUT2D eigenvalue weighted by atomic mass is 32.1. The summed E-state index contributed by atoms with van der Waals surface area (Å²) in [6.07, 6.45) is 0.621. The highest BCUT2D eigenvalue weighted by Gasteiger charge is 2.22. The molecule has 6 heteroatoms. The average molecular weight is 266 g/mol. The van der Waals surface area contributed by atoms with E-state index in [9.17, 15) is 4.79 Å². The van der Waals surface area contributed by atoms with E-state index in [1.165, 1.54) is 11.3 Å². The van der Waals surface area contributed by atoms with Crippen molar-refractivity contribution >= 4 is 17.3 Å². The monoisotopic (exact) mass is 266 g/mol. The summed E-state index contributed by atoms with van der Waals surface area (Å²) < 4.78 is 10.5. The molecule has 0 unspecified atom stereocenters. The number of aromatic nitrogens is 2. The maximum atomic E-state index is 11.7. The zero-order valence-electron chi connectivity index (χ0n) is 10.5. The molecule has 96 valence electrons. The fourth-order valence-corrected chi connectivity index (χ4v) is 2.28. The summed E-state index contributed by atoms with van der Waals surface area (Å²) in [5.74, 6) is 0.173. The largest absolute Gasteiger partial charge is 0.460 e. The number of ether oxygens (including phenoxy) is 1. The van der Waals surface area contributed by atoms with Gasteiger partial charge < -0.3 is 9.15 Å². The van der Waals surface area contributed by atoms with E-state index in [1.54, 1.807) is 12.4 Å². The molecule has 0 N–H and O–H groups in total. The number of rotatable bonds is 4. The van der Waals surface area contributed by atoms with E-state index in [1.807, 2.05) is 13.8 Å². The van der Waals surface area contributed by atoms with Gasteiger partial charge in [-0.25, -0.2) is 14.8 Å². The van der Waals surface area contributed by atoms with Crippen LogP contribution in [0.2, 0.25) is 0 Å². The van der Waals surface area contributed by atoms with Crippen molar-refractivity contribution in [3.8, 4) is 10.8 Å². The number of hydrogen-bond donors (Lipinski definition) is 0. The molecule has 2 heterocycles. The molecule has 2 aromatic rings. The topological polar surface area (TPSA) is 65.2 Å². The fraction of sp³-hybridized carbons (Fsp3) is 0.417. The van der Waals surface area contributed by atoms with Crippen LogP contribution in [0.25, 0.3) is 10.8 Å². The summed E-state index contributed by atoms with van der Waals surface area (Å²) in [5.41, 5.74) is 3.19. The lowest BCUT2D eigenvalue weighted by molar-refractivity contribution is 0.0489. The first-order valence-electron chi connectivity index (χ1n) is 5.74. The first-order chi connectivity index (χ1) is 8.67. The second kappa shape index (κ2) is 5.30. The highest BCUT2D eigenvalue weighted by molar-refractivity contribution is 7.13. The van der Waals surface area contributed by atoms with Crippen molar-refractivity contribution < 1.29 is 13.9 Å². The van der Waals surface area contributed by atoms with Crippen LogP contribution in [0.4, 0.5) is 0 Å². The molecule has 0 radical (unpaired) electrons. The quantitative estimate of drug-likeness (QED) is 0.796. The van der Waals surface area contributed by atoms with Crippen LogP contribution in [0.3, 0.4) is 0 Å². The van der Waals surface area contributed by atoms with E-state index in [4.69, 9.17) is 9.15 Å². The predicted molar refractivity (Wildman–Crippen MR) is 67.7 cm³/mol. The summed E-state index contributed by atoms with van der Waals surface area (Å²) in [7, 11) is 0. The molecule has 0 aromatic carbocycles. The van der Waals surface area contributed by atoms with Gasteiger partial charge in [-0.2, -0.15) is 0 Å². The Labute approximate surface area is 109 Å². The van der Waals surface area contributed by atoms with Gasteiger partial charge in [0.2, 0.25) is 11.7 Å². The van der Waals surface area contributed by atoms with Crippen molar-refractivity contribution in [2.45, 2.75) is 27.2 Å². The Hall–Kier alpha value is -1.69. The number of esters is 1. The number of carbonyl (C=O) groups is 1. The van der Waals surface area contributed by atoms with E-state index in [-0.39, 0.29) is 5.76 Å². The Morgan fingerprint density at radius 2 is 2.28 bits per heavy atom. The van der Waals surface area contributed by atoms with Crippen molar-refractivity contribution in [3.63, 3.8) is 0 Å². The van der Waals surface area contributed by atoms with Crippen LogP contribution in [-0.2, 0) is 11.2 Å². The minimum atomic E-state index is -0.463. The van der Waals surface area contributed by atoms with E-state index >= 15 is 0 Å². The van der Waals surface area contributed by atoms with Crippen molar-refractivity contribution in [1.82, 2.24) is 9.97 Å². The molecule has 18 heavy (non-hydrogen) atoms. The molecule has 0 amide bonds. The molecule has 2 aromatic heterocycles. The first-order valence-corrected chi connectivity index (χ1v) is 6.62. The van der Waals surface area contributed by atoms with Gasteiger partial charge in [-0.05, 0) is 20.3 Å². The van der Waals surface area contributed by atoms with Crippen LogP contribution < -0.4 is 0 Å². The zero-order chi connectivity index (χ0) is 13.1. The Balaban J connectivity index is 2.41. The maximum absolute atomic E-state index is 11.7. The molecule has 2 rings (SSSR count). The molecule has 0 aliphatic rings. The van der Waals surface area contributed by atoms with Gasteiger partial charge in [0.25, 0.3) is 0 Å². The summed E-state index contributed by atoms with van der Waals surface area (Å²) >= 11 is 1.44.